The second kappa shape index (κ2) is 9.71. The molecule has 0 radical (unpaired) electrons. The molecule has 0 aliphatic carbocycles. The summed E-state index contributed by atoms with van der Waals surface area (Å²) in [6.45, 7) is 4.12. The van der Waals surface area contributed by atoms with Crippen LogP contribution in [0.5, 0.6) is 5.75 Å². The van der Waals surface area contributed by atoms with Gasteiger partial charge in [0.05, 0.1) is 7.11 Å². The fourth-order valence-corrected chi connectivity index (χ4v) is 4.00. The lowest BCUT2D eigenvalue weighted by molar-refractivity contribution is 0.400. The maximum Gasteiger partial charge on any atom is 0.244 e. The summed E-state index contributed by atoms with van der Waals surface area (Å²) in [4.78, 5) is 8.46. The molecule has 0 atom stereocenters. The molecule has 1 aromatic heterocycles. The van der Waals surface area contributed by atoms with Crippen LogP contribution in [0.15, 0.2) is 53.4 Å². The number of aromatic nitrogens is 2. The van der Waals surface area contributed by atoms with Gasteiger partial charge in [0.15, 0.2) is 0 Å². The Bertz CT molecular complexity index is 1150. The molecule has 0 aliphatic heterocycles. The summed E-state index contributed by atoms with van der Waals surface area (Å²) in [5, 5.41) is 6.20. The van der Waals surface area contributed by atoms with Crippen molar-refractivity contribution in [3.05, 3.63) is 65.6 Å². The van der Waals surface area contributed by atoms with E-state index in [2.05, 4.69) is 25.3 Å². The zero-order valence-electron chi connectivity index (χ0n) is 17.4. The summed E-state index contributed by atoms with van der Waals surface area (Å²) in [6, 6.07) is 13.0. The van der Waals surface area contributed by atoms with Crippen molar-refractivity contribution in [2.24, 2.45) is 0 Å². The Kier molecular flexibility index (Phi) is 7.03. The van der Waals surface area contributed by atoms with Crippen LogP contribution >= 0.6 is 0 Å². The summed E-state index contributed by atoms with van der Waals surface area (Å²) in [5.74, 6) is 0.373. The Morgan fingerprint density at radius 3 is 2.45 bits per heavy atom. The van der Waals surface area contributed by atoms with Crippen molar-refractivity contribution in [1.82, 2.24) is 14.7 Å². The first-order chi connectivity index (χ1) is 14.8. The van der Waals surface area contributed by atoms with Crippen molar-refractivity contribution in [3.8, 4) is 5.75 Å². The molecule has 3 aromatic rings. The van der Waals surface area contributed by atoms with Gasteiger partial charge in [0.25, 0.3) is 0 Å². The third-order valence-corrected chi connectivity index (χ3v) is 5.78. The number of methoxy groups -OCH3 is 1. The van der Waals surface area contributed by atoms with Crippen LogP contribution in [-0.2, 0) is 10.0 Å². The average molecular weight is 446 g/mol. The van der Waals surface area contributed by atoms with Crippen molar-refractivity contribution < 1.29 is 17.5 Å². The monoisotopic (exact) mass is 445 g/mol. The van der Waals surface area contributed by atoms with Gasteiger partial charge in [-0.05, 0) is 44.2 Å². The number of hydrogen-bond donors (Lipinski definition) is 3. The van der Waals surface area contributed by atoms with Crippen LogP contribution in [-0.4, -0.2) is 38.6 Å². The maximum absolute atomic E-state index is 13.5. The smallest absolute Gasteiger partial charge is 0.244 e. The predicted octanol–water partition coefficient (Wildman–Crippen LogP) is 3.38. The van der Waals surface area contributed by atoms with Gasteiger partial charge in [-0.25, -0.2) is 22.5 Å². The van der Waals surface area contributed by atoms with Crippen LogP contribution in [0.3, 0.4) is 0 Å². The van der Waals surface area contributed by atoms with Gasteiger partial charge in [-0.1, -0.05) is 17.7 Å². The molecule has 0 unspecified atom stereocenters. The van der Waals surface area contributed by atoms with Crippen molar-refractivity contribution in [2.45, 2.75) is 18.7 Å². The molecule has 0 amide bonds. The minimum atomic E-state index is -3.95. The topological polar surface area (TPSA) is 105 Å². The zero-order chi connectivity index (χ0) is 22.4. The summed E-state index contributed by atoms with van der Waals surface area (Å²) in [6.07, 6.45) is 0. The molecular formula is C21H24FN5O3S. The Hall–Kier alpha value is -3.24. The summed E-state index contributed by atoms with van der Waals surface area (Å²) in [7, 11) is -2.62. The van der Waals surface area contributed by atoms with Gasteiger partial charge in [0, 0.05) is 30.5 Å². The Balaban J connectivity index is 1.61. The lowest BCUT2D eigenvalue weighted by atomic mass is 10.2. The molecule has 3 rings (SSSR count). The van der Waals surface area contributed by atoms with Gasteiger partial charge >= 0.3 is 0 Å². The van der Waals surface area contributed by atoms with Crippen LogP contribution in [0.1, 0.15) is 11.3 Å². The molecular weight excluding hydrogens is 421 g/mol. The van der Waals surface area contributed by atoms with E-state index in [-0.39, 0.29) is 23.7 Å². The number of hydrogen-bond acceptors (Lipinski definition) is 7. The number of nitrogens with zero attached hydrogens (tertiary/aromatic N) is 2. The largest absolute Gasteiger partial charge is 0.495 e. The molecule has 2 aromatic carbocycles. The number of sulfonamides is 1. The minimum absolute atomic E-state index is 0.0417. The summed E-state index contributed by atoms with van der Waals surface area (Å²) in [5.41, 5.74) is 2.80. The first-order valence-corrected chi connectivity index (χ1v) is 11.0. The molecule has 10 heteroatoms. The molecule has 0 bridgehead atoms. The second-order valence-corrected chi connectivity index (χ2v) is 8.56. The van der Waals surface area contributed by atoms with E-state index in [4.69, 9.17) is 4.74 Å². The van der Waals surface area contributed by atoms with Gasteiger partial charge in [-0.15, -0.1) is 0 Å². The van der Waals surface area contributed by atoms with E-state index in [1.54, 1.807) is 0 Å². The highest BCUT2D eigenvalue weighted by Gasteiger charge is 2.19. The molecule has 0 saturated heterocycles. The minimum Gasteiger partial charge on any atom is -0.495 e. The number of benzene rings is 2. The van der Waals surface area contributed by atoms with Crippen LogP contribution in [0.4, 0.5) is 21.8 Å². The van der Waals surface area contributed by atoms with Crippen LogP contribution in [0.2, 0.25) is 0 Å². The van der Waals surface area contributed by atoms with Gasteiger partial charge in [-0.3, -0.25) is 0 Å². The summed E-state index contributed by atoms with van der Waals surface area (Å²) >= 11 is 0. The first kappa shape index (κ1) is 22.4. The molecule has 8 nitrogen and oxygen atoms in total. The highest BCUT2D eigenvalue weighted by molar-refractivity contribution is 7.89. The molecule has 1 heterocycles. The first-order valence-electron chi connectivity index (χ1n) is 9.53. The molecule has 0 fully saturated rings. The lowest BCUT2D eigenvalue weighted by Crippen LogP contribution is -2.29. The van der Waals surface area contributed by atoms with Crippen LogP contribution in [0, 0.1) is 19.7 Å². The lowest BCUT2D eigenvalue weighted by Gasteiger charge is -2.12. The second-order valence-electron chi connectivity index (χ2n) is 6.83. The fourth-order valence-electron chi connectivity index (χ4n) is 2.79. The normalized spacial score (nSPS) is 11.2. The molecule has 164 valence electrons. The fraction of sp³-hybridized carbons (Fsp3) is 0.238. The van der Waals surface area contributed by atoms with E-state index < -0.39 is 15.8 Å². The van der Waals surface area contributed by atoms with E-state index in [1.807, 2.05) is 44.2 Å². The number of rotatable bonds is 9. The molecule has 0 spiro atoms. The van der Waals surface area contributed by atoms with Gasteiger partial charge in [0.2, 0.25) is 16.0 Å². The number of nitrogens with one attached hydrogen (secondary N) is 3. The predicted molar refractivity (Wildman–Crippen MR) is 118 cm³/mol. The van der Waals surface area contributed by atoms with E-state index >= 15 is 0 Å². The maximum atomic E-state index is 13.5. The SMILES string of the molecule is COc1ccc(F)cc1S(=O)(=O)NCCNc1nc(C)cc(Nc2ccc(C)cc2)n1. The molecule has 0 saturated carbocycles. The van der Waals surface area contributed by atoms with Gasteiger partial charge < -0.3 is 15.4 Å². The Morgan fingerprint density at radius 1 is 1.00 bits per heavy atom. The highest BCUT2D eigenvalue weighted by atomic mass is 32.2. The van der Waals surface area contributed by atoms with E-state index in [0.717, 1.165) is 29.1 Å². The molecule has 31 heavy (non-hydrogen) atoms. The third-order valence-electron chi connectivity index (χ3n) is 4.29. The van der Waals surface area contributed by atoms with Crippen molar-refractivity contribution in [3.63, 3.8) is 0 Å². The Labute approximate surface area is 180 Å². The number of anilines is 3. The van der Waals surface area contributed by atoms with Crippen molar-refractivity contribution in [1.29, 1.82) is 0 Å². The quantitative estimate of drug-likeness (QED) is 0.434. The zero-order valence-corrected chi connectivity index (χ0v) is 18.3. The van der Waals surface area contributed by atoms with Crippen LogP contribution < -0.4 is 20.1 Å². The van der Waals surface area contributed by atoms with E-state index in [1.165, 1.54) is 13.2 Å². The number of ether oxygens (including phenoxy) is 1. The highest BCUT2D eigenvalue weighted by Crippen LogP contribution is 2.24. The standard InChI is InChI=1S/C21H24FN5O3S/c1-14-4-7-17(8-5-14)26-20-12-15(2)25-21(27-20)23-10-11-24-31(28,29)19-13-16(22)6-9-18(19)30-3/h4-9,12-13,24H,10-11H2,1-3H3,(H2,23,25,26,27). The third kappa shape index (κ3) is 6.12. The van der Waals surface area contributed by atoms with E-state index in [0.29, 0.717) is 11.8 Å². The van der Waals surface area contributed by atoms with Crippen LogP contribution in [0.25, 0.3) is 0 Å². The molecule has 0 aliphatic rings. The molecule has 3 N–H and O–H groups in total. The van der Waals surface area contributed by atoms with E-state index in [9.17, 15) is 12.8 Å². The number of halogens is 1. The Morgan fingerprint density at radius 2 is 1.74 bits per heavy atom. The van der Waals surface area contributed by atoms with Gasteiger partial charge in [0.1, 0.15) is 22.3 Å². The summed E-state index contributed by atoms with van der Waals surface area (Å²) < 4.78 is 45.9. The van der Waals surface area contributed by atoms with Crippen molar-refractivity contribution >= 4 is 27.5 Å². The van der Waals surface area contributed by atoms with Crippen molar-refractivity contribution in [2.75, 3.05) is 30.8 Å². The van der Waals surface area contributed by atoms with Gasteiger partial charge in [-0.2, -0.15) is 4.98 Å². The average Bonchev–Trinajstić information content (AvgIpc) is 2.72. The number of aryl methyl sites for hydroxylation is 2.